The molecule has 0 bridgehead atoms. The molecule has 1 amide bonds. The standard InChI is InChI=1S/C26H35FN6O/c1-5-8-18(3)24-28-25(32-15-7-14-31(16-17-32)22(34)9-6-2)23-19(4)30-33(26(23)29-24)21-12-10-20(27)11-13-21/h10-13,18H,5-9,14-17H2,1-4H3/t18-/m1/s1. The Bertz CT molecular complexity index is 1140. The molecule has 1 aromatic carbocycles. The predicted molar refractivity (Wildman–Crippen MR) is 133 cm³/mol. The van der Waals surface area contributed by atoms with Crippen molar-refractivity contribution < 1.29 is 9.18 Å². The highest BCUT2D eigenvalue weighted by atomic mass is 19.1. The topological polar surface area (TPSA) is 67.2 Å². The number of hydrogen-bond acceptors (Lipinski definition) is 5. The molecule has 1 fully saturated rings. The number of aromatic nitrogens is 4. The molecule has 2 aromatic heterocycles. The maximum absolute atomic E-state index is 13.6. The van der Waals surface area contributed by atoms with E-state index in [2.05, 4.69) is 18.7 Å². The van der Waals surface area contributed by atoms with Crippen LogP contribution in [0, 0.1) is 12.7 Å². The number of benzene rings is 1. The first kappa shape index (κ1) is 24.1. The number of halogens is 1. The van der Waals surface area contributed by atoms with Crippen molar-refractivity contribution in [3.63, 3.8) is 0 Å². The molecule has 1 aliphatic rings. The number of fused-ring (bicyclic) bond motifs is 1. The molecule has 0 spiro atoms. The van der Waals surface area contributed by atoms with Crippen molar-refractivity contribution in [2.24, 2.45) is 0 Å². The molecule has 0 aliphatic carbocycles. The average molecular weight is 467 g/mol. The number of nitrogens with zero attached hydrogens (tertiary/aromatic N) is 6. The van der Waals surface area contributed by atoms with Gasteiger partial charge in [0.2, 0.25) is 5.91 Å². The van der Waals surface area contributed by atoms with Gasteiger partial charge in [0.15, 0.2) is 5.65 Å². The zero-order valence-electron chi connectivity index (χ0n) is 20.7. The van der Waals surface area contributed by atoms with Gasteiger partial charge >= 0.3 is 0 Å². The van der Waals surface area contributed by atoms with Crippen LogP contribution in [0.4, 0.5) is 10.2 Å². The minimum Gasteiger partial charge on any atom is -0.354 e. The van der Waals surface area contributed by atoms with Crippen molar-refractivity contribution in [2.75, 3.05) is 31.1 Å². The lowest BCUT2D eigenvalue weighted by molar-refractivity contribution is -0.131. The lowest BCUT2D eigenvalue weighted by atomic mass is 10.1. The summed E-state index contributed by atoms with van der Waals surface area (Å²) in [5, 5.41) is 5.70. The van der Waals surface area contributed by atoms with Crippen LogP contribution in [0.3, 0.4) is 0 Å². The number of amides is 1. The van der Waals surface area contributed by atoms with Gasteiger partial charge in [0, 0.05) is 38.5 Å². The van der Waals surface area contributed by atoms with Gasteiger partial charge < -0.3 is 9.80 Å². The molecule has 182 valence electrons. The third kappa shape index (κ3) is 4.91. The number of carbonyl (C=O) groups excluding carboxylic acids is 1. The van der Waals surface area contributed by atoms with E-state index in [1.807, 2.05) is 18.7 Å². The summed E-state index contributed by atoms with van der Waals surface area (Å²) < 4.78 is 15.4. The second-order valence-electron chi connectivity index (χ2n) is 9.24. The second-order valence-corrected chi connectivity index (χ2v) is 9.24. The van der Waals surface area contributed by atoms with Crippen molar-refractivity contribution in [1.82, 2.24) is 24.6 Å². The van der Waals surface area contributed by atoms with Crippen molar-refractivity contribution in [2.45, 2.75) is 65.7 Å². The van der Waals surface area contributed by atoms with E-state index in [9.17, 15) is 9.18 Å². The molecule has 3 heterocycles. The third-order valence-corrected chi connectivity index (χ3v) is 6.55. The fourth-order valence-electron chi connectivity index (χ4n) is 4.70. The molecule has 3 aromatic rings. The van der Waals surface area contributed by atoms with Crippen LogP contribution in [0.15, 0.2) is 24.3 Å². The Kier molecular flexibility index (Phi) is 7.44. The number of rotatable bonds is 7. The fraction of sp³-hybridized carbons (Fsp3) is 0.538. The van der Waals surface area contributed by atoms with Crippen LogP contribution in [0.2, 0.25) is 0 Å². The Hall–Kier alpha value is -3.03. The SMILES string of the molecule is CCCC(=O)N1CCCN(c2nc([C@H](C)CCC)nc3c2c(C)nn3-c2ccc(F)cc2)CC1. The van der Waals surface area contributed by atoms with E-state index in [1.54, 1.807) is 16.8 Å². The van der Waals surface area contributed by atoms with E-state index < -0.39 is 0 Å². The van der Waals surface area contributed by atoms with Crippen molar-refractivity contribution >= 4 is 22.8 Å². The molecule has 0 radical (unpaired) electrons. The molecule has 1 atom stereocenters. The van der Waals surface area contributed by atoms with Crippen LogP contribution < -0.4 is 4.90 Å². The highest BCUT2D eigenvalue weighted by Crippen LogP contribution is 2.32. The molecule has 4 rings (SSSR count). The number of carbonyl (C=O) groups is 1. The first-order valence-corrected chi connectivity index (χ1v) is 12.5. The van der Waals surface area contributed by atoms with Gasteiger partial charge in [-0.2, -0.15) is 5.10 Å². The monoisotopic (exact) mass is 466 g/mol. The van der Waals surface area contributed by atoms with E-state index in [1.165, 1.54) is 12.1 Å². The summed E-state index contributed by atoms with van der Waals surface area (Å²) in [6, 6.07) is 6.33. The third-order valence-electron chi connectivity index (χ3n) is 6.55. The Morgan fingerprint density at radius 2 is 1.82 bits per heavy atom. The van der Waals surface area contributed by atoms with Crippen LogP contribution in [0.25, 0.3) is 16.7 Å². The van der Waals surface area contributed by atoms with Crippen LogP contribution in [0.5, 0.6) is 0 Å². The van der Waals surface area contributed by atoms with E-state index in [-0.39, 0.29) is 17.6 Å². The summed E-state index contributed by atoms with van der Waals surface area (Å²) in [4.78, 5) is 26.8. The zero-order valence-corrected chi connectivity index (χ0v) is 20.7. The average Bonchev–Trinajstić information content (AvgIpc) is 2.99. The van der Waals surface area contributed by atoms with E-state index in [0.717, 1.165) is 79.4 Å². The molecule has 8 heteroatoms. The van der Waals surface area contributed by atoms with Crippen LogP contribution in [-0.2, 0) is 4.79 Å². The number of anilines is 1. The molecule has 7 nitrogen and oxygen atoms in total. The van der Waals surface area contributed by atoms with Crippen molar-refractivity contribution in [1.29, 1.82) is 0 Å². The first-order valence-electron chi connectivity index (χ1n) is 12.5. The predicted octanol–water partition coefficient (Wildman–Crippen LogP) is 5.01. The highest BCUT2D eigenvalue weighted by molar-refractivity contribution is 5.91. The van der Waals surface area contributed by atoms with Crippen LogP contribution in [0.1, 0.15) is 70.3 Å². The molecule has 0 saturated carbocycles. The van der Waals surface area contributed by atoms with Crippen LogP contribution >= 0.6 is 0 Å². The molecule has 34 heavy (non-hydrogen) atoms. The fourth-order valence-corrected chi connectivity index (χ4v) is 4.70. The molecule has 0 unspecified atom stereocenters. The lowest BCUT2D eigenvalue weighted by Gasteiger charge is -2.24. The summed E-state index contributed by atoms with van der Waals surface area (Å²) in [5.74, 6) is 1.85. The Labute approximate surface area is 201 Å². The smallest absolute Gasteiger partial charge is 0.222 e. The Morgan fingerprint density at radius 3 is 2.53 bits per heavy atom. The van der Waals surface area contributed by atoms with Gasteiger partial charge in [-0.1, -0.05) is 27.2 Å². The van der Waals surface area contributed by atoms with E-state index in [4.69, 9.17) is 15.1 Å². The minimum absolute atomic E-state index is 0.208. The maximum atomic E-state index is 13.6. The van der Waals surface area contributed by atoms with Crippen molar-refractivity contribution in [3.8, 4) is 5.69 Å². The van der Waals surface area contributed by atoms with Gasteiger partial charge in [-0.15, -0.1) is 0 Å². The zero-order chi connectivity index (χ0) is 24.2. The van der Waals surface area contributed by atoms with E-state index >= 15 is 0 Å². The van der Waals surface area contributed by atoms with Gasteiger partial charge in [0.1, 0.15) is 17.5 Å². The van der Waals surface area contributed by atoms with Crippen molar-refractivity contribution in [3.05, 3.63) is 41.6 Å². The molecular formula is C26H35FN6O. The summed E-state index contributed by atoms with van der Waals surface area (Å²) in [6.07, 6.45) is 4.40. The maximum Gasteiger partial charge on any atom is 0.222 e. The normalized spacial score (nSPS) is 15.6. The van der Waals surface area contributed by atoms with Gasteiger partial charge in [0.25, 0.3) is 0 Å². The Balaban J connectivity index is 1.79. The van der Waals surface area contributed by atoms with Gasteiger partial charge in [0.05, 0.1) is 16.8 Å². The quantitative estimate of drug-likeness (QED) is 0.490. The Morgan fingerprint density at radius 1 is 1.06 bits per heavy atom. The lowest BCUT2D eigenvalue weighted by Crippen LogP contribution is -2.35. The minimum atomic E-state index is -0.281. The van der Waals surface area contributed by atoms with Gasteiger partial charge in [-0.05, 0) is 50.5 Å². The molecule has 0 N–H and O–H groups in total. The molecule has 1 aliphatic heterocycles. The summed E-state index contributed by atoms with van der Waals surface area (Å²) >= 11 is 0. The highest BCUT2D eigenvalue weighted by Gasteiger charge is 2.25. The van der Waals surface area contributed by atoms with Gasteiger partial charge in [-0.3, -0.25) is 4.79 Å². The molecular weight excluding hydrogens is 431 g/mol. The first-order chi connectivity index (χ1) is 16.4. The van der Waals surface area contributed by atoms with Gasteiger partial charge in [-0.25, -0.2) is 19.0 Å². The molecule has 1 saturated heterocycles. The van der Waals surface area contributed by atoms with Crippen LogP contribution in [-0.4, -0.2) is 56.7 Å². The summed E-state index contributed by atoms with van der Waals surface area (Å²) in [5.41, 5.74) is 2.35. The summed E-state index contributed by atoms with van der Waals surface area (Å²) in [6.45, 7) is 11.4. The second kappa shape index (κ2) is 10.5. The largest absolute Gasteiger partial charge is 0.354 e. The van der Waals surface area contributed by atoms with E-state index in [0.29, 0.717) is 13.0 Å². The number of aryl methyl sites for hydroxylation is 1. The number of hydrogen-bond donors (Lipinski definition) is 0. The summed E-state index contributed by atoms with van der Waals surface area (Å²) in [7, 11) is 0.